The Hall–Kier alpha value is -2.77. The number of halogens is 1. The van der Waals surface area contributed by atoms with Crippen LogP contribution in [-0.2, 0) is 16.0 Å². The van der Waals surface area contributed by atoms with E-state index in [1.54, 1.807) is 19.2 Å². The molecule has 0 bridgehead atoms. The number of carbonyl (C=O) groups excluding carboxylic acids is 2. The van der Waals surface area contributed by atoms with E-state index in [9.17, 15) is 14.0 Å². The normalized spacial score (nSPS) is 16.1. The topological polar surface area (TPSA) is 58.6 Å². The Kier molecular flexibility index (Phi) is 6.63. The number of nitrogens with one attached hydrogen (secondary N) is 1. The van der Waals surface area contributed by atoms with Crippen molar-refractivity contribution in [2.24, 2.45) is 0 Å². The van der Waals surface area contributed by atoms with Gasteiger partial charge in [-0.2, -0.15) is 0 Å². The molecule has 1 N–H and O–H groups in total. The van der Waals surface area contributed by atoms with E-state index in [1.807, 2.05) is 29.2 Å². The molecule has 3 aromatic rings. The molecular weight excluding hydrogens is 415 g/mol. The molecule has 1 aliphatic heterocycles. The molecule has 0 radical (unpaired) electrons. The van der Waals surface area contributed by atoms with Crippen molar-refractivity contribution >= 4 is 33.2 Å². The van der Waals surface area contributed by atoms with E-state index in [4.69, 9.17) is 4.74 Å². The zero-order valence-electron chi connectivity index (χ0n) is 17.4. The minimum atomic E-state index is -0.335. The van der Waals surface area contributed by atoms with Crippen LogP contribution in [0.5, 0.6) is 0 Å². The van der Waals surface area contributed by atoms with Gasteiger partial charge in [-0.05, 0) is 41.1 Å². The molecule has 1 fully saturated rings. The standard InChI is InChI=1S/C24H25FN2O3S/c1-30-12-10-26-24(29)23-22(19-7-2-3-8-20(19)31-23)17-9-11-27(15-17)21(28)14-16-5-4-6-18(25)13-16/h2-8,13,17H,9-12,14-15H2,1H3,(H,26,29). The molecule has 31 heavy (non-hydrogen) atoms. The first kappa shape index (κ1) is 21.5. The smallest absolute Gasteiger partial charge is 0.261 e. The van der Waals surface area contributed by atoms with E-state index >= 15 is 0 Å². The van der Waals surface area contributed by atoms with Crippen LogP contribution in [0, 0.1) is 5.82 Å². The number of hydrogen-bond donors (Lipinski definition) is 1. The van der Waals surface area contributed by atoms with E-state index < -0.39 is 0 Å². The lowest BCUT2D eigenvalue weighted by Crippen LogP contribution is -2.30. The highest BCUT2D eigenvalue weighted by molar-refractivity contribution is 7.21. The lowest BCUT2D eigenvalue weighted by molar-refractivity contribution is -0.129. The summed E-state index contributed by atoms with van der Waals surface area (Å²) in [7, 11) is 1.60. The fourth-order valence-electron chi connectivity index (χ4n) is 4.14. The van der Waals surface area contributed by atoms with Crippen LogP contribution in [0.25, 0.3) is 10.1 Å². The van der Waals surface area contributed by atoms with Gasteiger partial charge in [-0.25, -0.2) is 4.39 Å². The maximum Gasteiger partial charge on any atom is 0.261 e. The Balaban J connectivity index is 1.54. The molecule has 4 rings (SSSR count). The predicted molar refractivity (Wildman–Crippen MR) is 120 cm³/mol. The summed E-state index contributed by atoms with van der Waals surface area (Å²) in [4.78, 5) is 28.2. The van der Waals surface area contributed by atoms with Crippen LogP contribution in [-0.4, -0.2) is 50.1 Å². The molecule has 1 atom stereocenters. The molecule has 5 nitrogen and oxygen atoms in total. The molecule has 2 heterocycles. The molecule has 0 saturated carbocycles. The van der Waals surface area contributed by atoms with Crippen LogP contribution in [0.4, 0.5) is 4.39 Å². The summed E-state index contributed by atoms with van der Waals surface area (Å²) < 4.78 is 19.6. The fraction of sp³-hybridized carbons (Fsp3) is 0.333. The third-order valence-corrected chi connectivity index (χ3v) is 6.81. The second-order valence-corrected chi connectivity index (χ2v) is 8.77. The summed E-state index contributed by atoms with van der Waals surface area (Å²) in [6.07, 6.45) is 0.979. The van der Waals surface area contributed by atoms with Gasteiger partial charge in [-0.15, -0.1) is 11.3 Å². The molecule has 7 heteroatoms. The van der Waals surface area contributed by atoms with Gasteiger partial charge in [0.05, 0.1) is 17.9 Å². The number of fused-ring (bicyclic) bond motifs is 1. The number of carbonyl (C=O) groups is 2. The summed E-state index contributed by atoms with van der Waals surface area (Å²) in [5.41, 5.74) is 1.70. The average Bonchev–Trinajstić information content (AvgIpc) is 3.38. The average molecular weight is 441 g/mol. The molecule has 162 valence electrons. The Morgan fingerprint density at radius 3 is 2.87 bits per heavy atom. The minimum absolute atomic E-state index is 0.0151. The van der Waals surface area contributed by atoms with Gasteiger partial charge in [0.25, 0.3) is 5.91 Å². The summed E-state index contributed by atoms with van der Waals surface area (Å²) in [6.45, 7) is 2.10. The van der Waals surface area contributed by atoms with Crippen molar-refractivity contribution in [3.05, 3.63) is 70.4 Å². The minimum Gasteiger partial charge on any atom is -0.383 e. The second-order valence-electron chi connectivity index (χ2n) is 7.72. The van der Waals surface area contributed by atoms with Gasteiger partial charge in [0.2, 0.25) is 5.91 Å². The Morgan fingerprint density at radius 2 is 2.06 bits per heavy atom. The largest absolute Gasteiger partial charge is 0.383 e. The van der Waals surface area contributed by atoms with Crippen molar-refractivity contribution in [2.75, 3.05) is 33.4 Å². The van der Waals surface area contributed by atoms with Crippen LogP contribution >= 0.6 is 11.3 Å². The van der Waals surface area contributed by atoms with Gasteiger partial charge in [-0.3, -0.25) is 9.59 Å². The van der Waals surface area contributed by atoms with Crippen molar-refractivity contribution in [1.82, 2.24) is 10.2 Å². The number of thiophene rings is 1. The van der Waals surface area contributed by atoms with Crippen molar-refractivity contribution in [3.63, 3.8) is 0 Å². The number of nitrogens with zero attached hydrogens (tertiary/aromatic N) is 1. The first-order valence-electron chi connectivity index (χ1n) is 10.4. The molecule has 1 aliphatic rings. The van der Waals surface area contributed by atoms with Crippen LogP contribution < -0.4 is 5.32 Å². The highest BCUT2D eigenvalue weighted by atomic mass is 32.1. The van der Waals surface area contributed by atoms with Crippen LogP contribution in [0.15, 0.2) is 48.5 Å². The number of methoxy groups -OCH3 is 1. The molecule has 1 saturated heterocycles. The number of hydrogen-bond acceptors (Lipinski definition) is 4. The van der Waals surface area contributed by atoms with E-state index in [0.717, 1.165) is 22.1 Å². The van der Waals surface area contributed by atoms with Crippen LogP contribution in [0.3, 0.4) is 0 Å². The zero-order chi connectivity index (χ0) is 21.8. The molecule has 2 amide bonds. The van der Waals surface area contributed by atoms with Gasteiger partial charge < -0.3 is 15.0 Å². The lowest BCUT2D eigenvalue weighted by atomic mass is 9.95. The summed E-state index contributed by atoms with van der Waals surface area (Å²) in [6, 6.07) is 14.2. The number of rotatable bonds is 7. The van der Waals surface area contributed by atoms with Gasteiger partial charge in [0, 0.05) is 37.4 Å². The van der Waals surface area contributed by atoms with Crippen molar-refractivity contribution in [2.45, 2.75) is 18.8 Å². The van der Waals surface area contributed by atoms with E-state index in [-0.39, 0.29) is 30.0 Å². The van der Waals surface area contributed by atoms with Gasteiger partial charge in [0.1, 0.15) is 5.82 Å². The second kappa shape index (κ2) is 9.58. The lowest BCUT2D eigenvalue weighted by Gasteiger charge is -2.17. The zero-order valence-corrected chi connectivity index (χ0v) is 18.2. The molecule has 0 aliphatic carbocycles. The number of benzene rings is 2. The molecule has 1 aromatic heterocycles. The number of ether oxygens (including phenoxy) is 1. The van der Waals surface area contributed by atoms with E-state index in [2.05, 4.69) is 5.32 Å². The molecular formula is C24H25FN2O3S. The predicted octanol–water partition coefficient (Wildman–Crippen LogP) is 3.98. The highest BCUT2D eigenvalue weighted by Crippen LogP contribution is 2.40. The molecule has 2 aromatic carbocycles. The number of amides is 2. The SMILES string of the molecule is COCCNC(=O)c1sc2ccccc2c1C1CCN(C(=O)Cc2cccc(F)c2)C1. The third kappa shape index (κ3) is 4.78. The third-order valence-electron chi connectivity index (χ3n) is 5.63. The maximum atomic E-state index is 13.5. The fourth-order valence-corrected chi connectivity index (χ4v) is 5.35. The highest BCUT2D eigenvalue weighted by Gasteiger charge is 2.32. The molecule has 1 unspecified atom stereocenters. The van der Waals surface area contributed by atoms with Crippen molar-refractivity contribution in [3.8, 4) is 0 Å². The Labute approximate surface area is 184 Å². The van der Waals surface area contributed by atoms with E-state index in [1.165, 1.54) is 23.5 Å². The summed E-state index contributed by atoms with van der Waals surface area (Å²) >= 11 is 1.49. The molecule has 0 spiro atoms. The summed E-state index contributed by atoms with van der Waals surface area (Å²) in [5.74, 6) is -0.356. The Morgan fingerprint density at radius 1 is 1.23 bits per heavy atom. The first-order chi connectivity index (χ1) is 15.1. The maximum absolute atomic E-state index is 13.5. The van der Waals surface area contributed by atoms with Crippen LogP contribution in [0.1, 0.15) is 33.1 Å². The Bertz CT molecular complexity index is 1100. The van der Waals surface area contributed by atoms with Crippen molar-refractivity contribution < 1.29 is 18.7 Å². The van der Waals surface area contributed by atoms with Crippen LogP contribution in [0.2, 0.25) is 0 Å². The first-order valence-corrected chi connectivity index (χ1v) is 11.2. The quantitative estimate of drug-likeness (QED) is 0.566. The van der Waals surface area contributed by atoms with Gasteiger partial charge >= 0.3 is 0 Å². The van der Waals surface area contributed by atoms with Gasteiger partial charge in [0.15, 0.2) is 0 Å². The monoisotopic (exact) mass is 440 g/mol. The van der Waals surface area contributed by atoms with Crippen molar-refractivity contribution in [1.29, 1.82) is 0 Å². The number of likely N-dealkylation sites (tertiary alicyclic amines) is 1. The van der Waals surface area contributed by atoms with E-state index in [0.29, 0.717) is 36.7 Å². The summed E-state index contributed by atoms with van der Waals surface area (Å²) in [5, 5.41) is 4.00. The van der Waals surface area contributed by atoms with Gasteiger partial charge in [-0.1, -0.05) is 30.3 Å².